The fourth-order valence-corrected chi connectivity index (χ4v) is 3.14. The van der Waals surface area contributed by atoms with Crippen molar-refractivity contribution < 1.29 is 14.3 Å². The Bertz CT molecular complexity index is 771. The highest BCUT2D eigenvalue weighted by molar-refractivity contribution is 5.95. The zero-order chi connectivity index (χ0) is 16.5. The van der Waals surface area contributed by atoms with E-state index in [-0.39, 0.29) is 11.9 Å². The molecule has 0 radical (unpaired) electrons. The summed E-state index contributed by atoms with van der Waals surface area (Å²) in [5.41, 5.74) is 0.548. The molecule has 0 aliphatic carbocycles. The van der Waals surface area contributed by atoms with Gasteiger partial charge < -0.3 is 19.4 Å². The van der Waals surface area contributed by atoms with E-state index in [0.717, 1.165) is 37.5 Å². The number of hydrogen-bond acceptors (Lipinski definition) is 5. The molecule has 1 aromatic carbocycles. The second-order valence-electron chi connectivity index (χ2n) is 6.14. The molecule has 1 aromatic heterocycles. The second-order valence-corrected chi connectivity index (χ2v) is 6.14. The third-order valence-electron chi connectivity index (χ3n) is 4.38. The molecule has 1 N–H and O–H groups in total. The number of rotatable bonds is 3. The van der Waals surface area contributed by atoms with Gasteiger partial charge in [-0.1, -0.05) is 0 Å². The number of aryl methyl sites for hydroxylation is 1. The summed E-state index contributed by atoms with van der Waals surface area (Å²) < 4.78 is 13.3. The average molecular weight is 328 g/mol. The molecular weight excluding hydrogens is 308 g/mol. The normalized spacial score (nSPS) is 17.0. The van der Waals surface area contributed by atoms with Crippen LogP contribution in [0.2, 0.25) is 0 Å². The van der Waals surface area contributed by atoms with E-state index in [1.165, 1.54) is 0 Å². The summed E-state index contributed by atoms with van der Waals surface area (Å²) in [6.45, 7) is 4.08. The van der Waals surface area contributed by atoms with Gasteiger partial charge in [-0.05, 0) is 31.5 Å². The summed E-state index contributed by atoms with van der Waals surface area (Å²) in [7, 11) is 0. The van der Waals surface area contributed by atoms with E-state index in [0.29, 0.717) is 30.3 Å². The van der Waals surface area contributed by atoms with E-state index < -0.39 is 0 Å². The topological polar surface area (TPSA) is 78.3 Å². The highest BCUT2D eigenvalue weighted by Gasteiger charge is 2.23. The smallest absolute Gasteiger partial charge is 0.252 e. The lowest BCUT2D eigenvalue weighted by molar-refractivity contribution is 0.0937. The molecule has 1 atom stereocenters. The van der Waals surface area contributed by atoms with Crippen LogP contribution >= 0.6 is 0 Å². The maximum atomic E-state index is 12.6. The van der Waals surface area contributed by atoms with E-state index in [1.807, 2.05) is 6.92 Å². The summed E-state index contributed by atoms with van der Waals surface area (Å²) >= 11 is 0. The van der Waals surface area contributed by atoms with Gasteiger partial charge in [-0.25, -0.2) is 0 Å². The Morgan fingerprint density at radius 1 is 1.21 bits per heavy atom. The van der Waals surface area contributed by atoms with Gasteiger partial charge in [-0.15, -0.1) is 10.2 Å². The third kappa shape index (κ3) is 2.70. The molecule has 0 fully saturated rings. The minimum absolute atomic E-state index is 0.159. The molecular formula is C17H20N4O3. The van der Waals surface area contributed by atoms with Gasteiger partial charge in [0.15, 0.2) is 17.3 Å². The summed E-state index contributed by atoms with van der Waals surface area (Å²) in [6, 6.07) is 5.07. The number of aromatic nitrogens is 3. The van der Waals surface area contributed by atoms with Crippen LogP contribution in [0.25, 0.3) is 0 Å². The minimum Gasteiger partial charge on any atom is -0.490 e. The Morgan fingerprint density at radius 2 is 2.04 bits per heavy atom. The van der Waals surface area contributed by atoms with Crippen molar-refractivity contribution in [2.45, 2.75) is 38.8 Å². The first-order valence-electron chi connectivity index (χ1n) is 8.35. The molecule has 2 aliphatic heterocycles. The molecule has 1 amide bonds. The van der Waals surface area contributed by atoms with Crippen LogP contribution < -0.4 is 14.8 Å². The maximum Gasteiger partial charge on any atom is 0.252 e. The average Bonchev–Trinajstić information content (AvgIpc) is 3.11. The van der Waals surface area contributed by atoms with Crippen molar-refractivity contribution >= 4 is 5.91 Å². The summed E-state index contributed by atoms with van der Waals surface area (Å²) in [6.07, 6.45) is 2.88. The maximum absolute atomic E-state index is 12.6. The highest BCUT2D eigenvalue weighted by atomic mass is 16.5. The zero-order valence-electron chi connectivity index (χ0n) is 13.6. The van der Waals surface area contributed by atoms with Gasteiger partial charge >= 0.3 is 0 Å². The highest BCUT2D eigenvalue weighted by Crippen LogP contribution is 2.30. The molecule has 3 heterocycles. The van der Waals surface area contributed by atoms with Crippen LogP contribution in [0.1, 0.15) is 47.8 Å². The number of carbonyl (C=O) groups excluding carboxylic acids is 1. The molecule has 4 rings (SSSR count). The monoisotopic (exact) mass is 328 g/mol. The zero-order valence-corrected chi connectivity index (χ0v) is 13.6. The summed E-state index contributed by atoms with van der Waals surface area (Å²) in [5.74, 6) is 2.96. The SMILES string of the molecule is C[C@H](NC(=O)c1ccc2c(c1)OCCCO2)c1nnc2n1CCC2. The predicted octanol–water partition coefficient (Wildman–Crippen LogP) is 1.88. The quantitative estimate of drug-likeness (QED) is 0.931. The Labute approximate surface area is 140 Å². The lowest BCUT2D eigenvalue weighted by atomic mass is 10.1. The number of benzene rings is 1. The molecule has 0 saturated carbocycles. The van der Waals surface area contributed by atoms with Crippen LogP contribution in [0.4, 0.5) is 0 Å². The molecule has 7 heteroatoms. The molecule has 0 saturated heterocycles. The van der Waals surface area contributed by atoms with Crippen LogP contribution in [-0.4, -0.2) is 33.9 Å². The summed E-state index contributed by atoms with van der Waals surface area (Å²) in [5, 5.41) is 11.4. The van der Waals surface area contributed by atoms with E-state index in [2.05, 4.69) is 20.1 Å². The van der Waals surface area contributed by atoms with Gasteiger partial charge in [-0.2, -0.15) is 0 Å². The van der Waals surface area contributed by atoms with Gasteiger partial charge in [0.05, 0.1) is 19.3 Å². The van der Waals surface area contributed by atoms with E-state index >= 15 is 0 Å². The molecule has 2 aliphatic rings. The van der Waals surface area contributed by atoms with Crippen LogP contribution in [0.15, 0.2) is 18.2 Å². The largest absolute Gasteiger partial charge is 0.490 e. The van der Waals surface area contributed by atoms with E-state index in [9.17, 15) is 4.79 Å². The van der Waals surface area contributed by atoms with Crippen LogP contribution in [0.5, 0.6) is 11.5 Å². The molecule has 0 spiro atoms. The number of carbonyl (C=O) groups is 1. The van der Waals surface area contributed by atoms with Crippen molar-refractivity contribution in [1.82, 2.24) is 20.1 Å². The lowest BCUT2D eigenvalue weighted by Gasteiger charge is -2.15. The molecule has 2 aromatic rings. The van der Waals surface area contributed by atoms with Crippen molar-refractivity contribution in [3.8, 4) is 11.5 Å². The van der Waals surface area contributed by atoms with Crippen molar-refractivity contribution in [1.29, 1.82) is 0 Å². The lowest BCUT2D eigenvalue weighted by Crippen LogP contribution is -2.28. The predicted molar refractivity (Wildman–Crippen MR) is 86.3 cm³/mol. The standard InChI is InChI=1S/C17H20N4O3/c1-11(16-20-19-15-4-2-7-21(15)16)18-17(22)12-5-6-13-14(10-12)24-9-3-8-23-13/h5-6,10-11H,2-4,7-9H2,1H3,(H,18,22)/t11-/m0/s1. The number of ether oxygens (including phenoxy) is 2. The molecule has 126 valence electrons. The van der Waals surface area contributed by atoms with Gasteiger partial charge in [0.2, 0.25) is 0 Å². The van der Waals surface area contributed by atoms with Gasteiger partial charge in [0, 0.05) is 24.9 Å². The Morgan fingerprint density at radius 3 is 2.92 bits per heavy atom. The third-order valence-corrected chi connectivity index (χ3v) is 4.38. The summed E-state index contributed by atoms with van der Waals surface area (Å²) in [4.78, 5) is 12.6. The Hall–Kier alpha value is -2.57. The molecule has 24 heavy (non-hydrogen) atoms. The first-order valence-corrected chi connectivity index (χ1v) is 8.35. The van der Waals surface area contributed by atoms with Crippen LogP contribution in [0.3, 0.4) is 0 Å². The van der Waals surface area contributed by atoms with Crippen molar-refractivity contribution in [3.05, 3.63) is 35.4 Å². The fourth-order valence-electron chi connectivity index (χ4n) is 3.14. The van der Waals surface area contributed by atoms with E-state index in [1.54, 1.807) is 18.2 Å². The molecule has 0 unspecified atom stereocenters. The van der Waals surface area contributed by atoms with Crippen molar-refractivity contribution in [3.63, 3.8) is 0 Å². The Kier molecular flexibility index (Phi) is 3.84. The van der Waals surface area contributed by atoms with Gasteiger partial charge in [-0.3, -0.25) is 4.79 Å². The number of amides is 1. The number of fused-ring (bicyclic) bond motifs is 2. The first kappa shape index (κ1) is 15.0. The van der Waals surface area contributed by atoms with Crippen LogP contribution in [-0.2, 0) is 13.0 Å². The van der Waals surface area contributed by atoms with Crippen molar-refractivity contribution in [2.75, 3.05) is 13.2 Å². The number of hydrogen-bond donors (Lipinski definition) is 1. The molecule has 7 nitrogen and oxygen atoms in total. The second kappa shape index (κ2) is 6.14. The van der Waals surface area contributed by atoms with Crippen LogP contribution in [0, 0.1) is 0 Å². The molecule has 0 bridgehead atoms. The Balaban J connectivity index is 1.50. The number of nitrogens with one attached hydrogen (secondary N) is 1. The minimum atomic E-state index is -0.201. The van der Waals surface area contributed by atoms with Crippen molar-refractivity contribution in [2.24, 2.45) is 0 Å². The number of nitrogens with zero attached hydrogens (tertiary/aromatic N) is 3. The first-order chi connectivity index (χ1) is 11.7. The fraction of sp³-hybridized carbons (Fsp3) is 0.471. The van der Waals surface area contributed by atoms with Gasteiger partial charge in [0.1, 0.15) is 5.82 Å². The van der Waals surface area contributed by atoms with E-state index in [4.69, 9.17) is 9.47 Å². The van der Waals surface area contributed by atoms with Gasteiger partial charge in [0.25, 0.3) is 5.91 Å².